The molecule has 1 saturated carbocycles. The number of amides is 1. The summed E-state index contributed by atoms with van der Waals surface area (Å²) in [6, 6.07) is 1.95. The normalized spacial score (nSPS) is 27.4. The van der Waals surface area contributed by atoms with E-state index in [0.29, 0.717) is 12.5 Å². The summed E-state index contributed by atoms with van der Waals surface area (Å²) in [5.41, 5.74) is 6.63. The average molecular weight is 292 g/mol. The maximum absolute atomic E-state index is 12.7. The second-order valence-electron chi connectivity index (χ2n) is 6.73. The predicted molar refractivity (Wildman–Crippen MR) is 83.9 cm³/mol. The fraction of sp³-hybridized carbons (Fsp3) is 0.706. The molecule has 0 spiro atoms. The van der Waals surface area contributed by atoms with Gasteiger partial charge in [-0.25, -0.2) is 0 Å². The zero-order chi connectivity index (χ0) is 15.6. The van der Waals surface area contributed by atoms with Gasteiger partial charge >= 0.3 is 0 Å². The Bertz CT molecular complexity index is 499. The van der Waals surface area contributed by atoms with E-state index in [4.69, 9.17) is 10.2 Å². The first-order valence-electron chi connectivity index (χ1n) is 7.96. The van der Waals surface area contributed by atoms with E-state index in [1.807, 2.05) is 26.8 Å². The van der Waals surface area contributed by atoms with Crippen molar-refractivity contribution >= 4 is 5.91 Å². The van der Waals surface area contributed by atoms with Gasteiger partial charge in [0.1, 0.15) is 11.5 Å². The fourth-order valence-electron chi connectivity index (χ4n) is 3.35. The molecular formula is C17H28N2O2. The van der Waals surface area contributed by atoms with E-state index < -0.39 is 0 Å². The third-order valence-corrected chi connectivity index (χ3v) is 5.00. The van der Waals surface area contributed by atoms with Gasteiger partial charge < -0.3 is 15.5 Å². The molecule has 0 saturated heterocycles. The van der Waals surface area contributed by atoms with Crippen molar-refractivity contribution in [3.63, 3.8) is 0 Å². The van der Waals surface area contributed by atoms with Crippen molar-refractivity contribution < 1.29 is 9.21 Å². The van der Waals surface area contributed by atoms with Gasteiger partial charge in [-0.15, -0.1) is 0 Å². The SMILES string of the molecule is Cc1cc(C(C)NC(=O)C2(CN)CCC(C)CC2)c(C)o1. The number of hydrogen-bond donors (Lipinski definition) is 2. The van der Waals surface area contributed by atoms with Gasteiger partial charge in [-0.1, -0.05) is 6.92 Å². The van der Waals surface area contributed by atoms with Crippen molar-refractivity contribution in [1.29, 1.82) is 0 Å². The van der Waals surface area contributed by atoms with E-state index in [1.165, 1.54) is 0 Å². The second-order valence-corrected chi connectivity index (χ2v) is 6.73. The predicted octanol–water partition coefficient (Wildman–Crippen LogP) is 3.23. The second kappa shape index (κ2) is 6.22. The van der Waals surface area contributed by atoms with Crippen molar-refractivity contribution in [3.05, 3.63) is 23.2 Å². The van der Waals surface area contributed by atoms with Crippen LogP contribution in [0.5, 0.6) is 0 Å². The first kappa shape index (κ1) is 16.1. The molecule has 0 aromatic carbocycles. The highest BCUT2D eigenvalue weighted by molar-refractivity contribution is 5.83. The van der Waals surface area contributed by atoms with E-state index in [1.54, 1.807) is 0 Å². The van der Waals surface area contributed by atoms with E-state index >= 15 is 0 Å². The topological polar surface area (TPSA) is 68.3 Å². The van der Waals surface area contributed by atoms with Crippen LogP contribution in [-0.2, 0) is 4.79 Å². The molecule has 0 aliphatic heterocycles. The molecule has 0 bridgehead atoms. The molecule has 1 fully saturated rings. The van der Waals surface area contributed by atoms with Crippen LogP contribution in [0, 0.1) is 25.2 Å². The fourth-order valence-corrected chi connectivity index (χ4v) is 3.35. The van der Waals surface area contributed by atoms with Gasteiger partial charge in [0.15, 0.2) is 0 Å². The van der Waals surface area contributed by atoms with Crippen LogP contribution in [0.25, 0.3) is 0 Å². The molecule has 3 N–H and O–H groups in total. The Kier molecular flexibility index (Phi) is 4.77. The monoisotopic (exact) mass is 292 g/mol. The highest BCUT2D eigenvalue weighted by Gasteiger charge is 2.40. The molecule has 1 unspecified atom stereocenters. The summed E-state index contributed by atoms with van der Waals surface area (Å²) in [6.07, 6.45) is 3.96. The van der Waals surface area contributed by atoms with E-state index in [-0.39, 0.29) is 17.4 Å². The Labute approximate surface area is 127 Å². The van der Waals surface area contributed by atoms with Crippen LogP contribution in [0.3, 0.4) is 0 Å². The van der Waals surface area contributed by atoms with E-state index in [2.05, 4.69) is 12.2 Å². The average Bonchev–Trinajstić information content (AvgIpc) is 2.79. The molecule has 1 amide bonds. The Morgan fingerprint density at radius 3 is 2.57 bits per heavy atom. The molecule has 0 radical (unpaired) electrons. The minimum absolute atomic E-state index is 0.0438. The number of hydrogen-bond acceptors (Lipinski definition) is 3. The van der Waals surface area contributed by atoms with Crippen LogP contribution in [0.2, 0.25) is 0 Å². The highest BCUT2D eigenvalue weighted by Crippen LogP contribution is 2.39. The lowest BCUT2D eigenvalue weighted by Crippen LogP contribution is -2.48. The summed E-state index contributed by atoms with van der Waals surface area (Å²) < 4.78 is 5.55. The quantitative estimate of drug-likeness (QED) is 0.895. The molecule has 1 heterocycles. The van der Waals surface area contributed by atoms with Crippen LogP contribution < -0.4 is 11.1 Å². The van der Waals surface area contributed by atoms with Crippen molar-refractivity contribution in [2.24, 2.45) is 17.1 Å². The lowest BCUT2D eigenvalue weighted by molar-refractivity contribution is -0.133. The molecular weight excluding hydrogens is 264 g/mol. The maximum atomic E-state index is 12.7. The number of carbonyl (C=O) groups excluding carboxylic acids is 1. The maximum Gasteiger partial charge on any atom is 0.227 e. The number of rotatable bonds is 4. The Morgan fingerprint density at radius 1 is 1.48 bits per heavy atom. The Morgan fingerprint density at radius 2 is 2.10 bits per heavy atom. The number of furan rings is 1. The van der Waals surface area contributed by atoms with Crippen molar-refractivity contribution in [3.8, 4) is 0 Å². The van der Waals surface area contributed by atoms with Gasteiger partial charge in [0.2, 0.25) is 5.91 Å². The molecule has 118 valence electrons. The minimum Gasteiger partial charge on any atom is -0.466 e. The lowest BCUT2D eigenvalue weighted by Gasteiger charge is -2.37. The third-order valence-electron chi connectivity index (χ3n) is 5.00. The van der Waals surface area contributed by atoms with Gasteiger partial charge in [0, 0.05) is 12.1 Å². The zero-order valence-electron chi connectivity index (χ0n) is 13.7. The standard InChI is InChI=1S/C17H28N2O2/c1-11-5-7-17(10-18,8-6-11)16(20)19-13(3)15-9-12(2)21-14(15)4/h9,11,13H,5-8,10,18H2,1-4H3,(H,19,20). The largest absolute Gasteiger partial charge is 0.466 e. The number of nitrogens with one attached hydrogen (secondary N) is 1. The van der Waals surface area contributed by atoms with E-state index in [0.717, 1.165) is 42.8 Å². The van der Waals surface area contributed by atoms with Crippen molar-refractivity contribution in [2.45, 2.75) is 59.4 Å². The lowest BCUT2D eigenvalue weighted by atomic mass is 9.70. The molecule has 4 heteroatoms. The van der Waals surface area contributed by atoms with Crippen molar-refractivity contribution in [1.82, 2.24) is 5.32 Å². The first-order valence-corrected chi connectivity index (χ1v) is 7.96. The minimum atomic E-state index is -0.381. The van der Waals surface area contributed by atoms with Crippen LogP contribution >= 0.6 is 0 Å². The van der Waals surface area contributed by atoms with Crippen LogP contribution in [0.1, 0.15) is 62.7 Å². The number of carbonyl (C=O) groups is 1. The smallest absolute Gasteiger partial charge is 0.227 e. The van der Waals surface area contributed by atoms with Crippen LogP contribution in [-0.4, -0.2) is 12.5 Å². The molecule has 4 nitrogen and oxygen atoms in total. The third kappa shape index (κ3) is 3.31. The molecule has 2 rings (SSSR count). The molecule has 1 aromatic rings. The zero-order valence-corrected chi connectivity index (χ0v) is 13.7. The Balaban J connectivity index is 2.07. The Hall–Kier alpha value is -1.29. The molecule has 1 aliphatic carbocycles. The molecule has 1 aromatic heterocycles. The summed E-state index contributed by atoms with van der Waals surface area (Å²) >= 11 is 0. The summed E-state index contributed by atoms with van der Waals surface area (Å²) in [4.78, 5) is 12.7. The summed E-state index contributed by atoms with van der Waals surface area (Å²) in [7, 11) is 0. The van der Waals surface area contributed by atoms with Gasteiger partial charge in [-0.2, -0.15) is 0 Å². The van der Waals surface area contributed by atoms with Crippen molar-refractivity contribution in [2.75, 3.05) is 6.54 Å². The highest BCUT2D eigenvalue weighted by atomic mass is 16.3. The molecule has 1 aliphatic rings. The van der Waals surface area contributed by atoms with Crippen LogP contribution in [0.4, 0.5) is 0 Å². The van der Waals surface area contributed by atoms with Gasteiger partial charge in [0.25, 0.3) is 0 Å². The summed E-state index contributed by atoms with van der Waals surface area (Å²) in [6.45, 7) is 8.55. The number of aryl methyl sites for hydroxylation is 2. The van der Waals surface area contributed by atoms with Gasteiger partial charge in [0.05, 0.1) is 11.5 Å². The molecule has 21 heavy (non-hydrogen) atoms. The molecule has 1 atom stereocenters. The van der Waals surface area contributed by atoms with Gasteiger partial charge in [-0.3, -0.25) is 4.79 Å². The van der Waals surface area contributed by atoms with E-state index in [9.17, 15) is 4.79 Å². The first-order chi connectivity index (χ1) is 9.88. The summed E-state index contributed by atoms with van der Waals surface area (Å²) in [5.74, 6) is 2.55. The van der Waals surface area contributed by atoms with Gasteiger partial charge in [-0.05, 0) is 58.4 Å². The summed E-state index contributed by atoms with van der Waals surface area (Å²) in [5, 5.41) is 3.15. The number of nitrogens with two attached hydrogens (primary N) is 1. The van der Waals surface area contributed by atoms with Crippen LogP contribution in [0.15, 0.2) is 10.5 Å².